The molecule has 1 heterocycles. The van der Waals surface area contributed by atoms with Crippen LogP contribution in [0.15, 0.2) is 30.3 Å². The van der Waals surface area contributed by atoms with Gasteiger partial charge in [-0.2, -0.15) is 0 Å². The second-order valence-electron chi connectivity index (χ2n) is 6.52. The second-order valence-corrected chi connectivity index (χ2v) is 6.52. The number of benzene rings is 1. The lowest BCUT2D eigenvalue weighted by molar-refractivity contribution is -0.120. The molecule has 6 nitrogen and oxygen atoms in total. The number of urea groups is 1. The molecule has 0 atom stereocenters. The Kier molecular flexibility index (Phi) is 5.56. The molecule has 0 unspecified atom stereocenters. The van der Waals surface area contributed by atoms with E-state index in [0.29, 0.717) is 19.1 Å². The van der Waals surface area contributed by atoms with Gasteiger partial charge in [0.25, 0.3) is 0 Å². The lowest BCUT2D eigenvalue weighted by atomic mass is 10.2. The number of nitrogens with one attached hydrogen (secondary N) is 2. The maximum Gasteiger partial charge on any atom is 0.317 e. The van der Waals surface area contributed by atoms with E-state index in [1.54, 1.807) is 4.90 Å². The first-order chi connectivity index (χ1) is 11.7. The monoisotopic (exact) mass is 330 g/mol. The summed E-state index contributed by atoms with van der Waals surface area (Å²) in [5.41, 5.74) is 1.19. The van der Waals surface area contributed by atoms with Gasteiger partial charge in [-0.05, 0) is 25.0 Å². The number of nitrogens with zero attached hydrogens (tertiary/aromatic N) is 2. The van der Waals surface area contributed by atoms with Crippen molar-refractivity contribution >= 4 is 17.6 Å². The SMILES string of the molecule is O=C(CNC(=O)N1CCN(c2ccccc2)CC1)NC1CCCC1. The van der Waals surface area contributed by atoms with Crippen LogP contribution in [0, 0.1) is 0 Å². The Hall–Kier alpha value is -2.24. The van der Waals surface area contributed by atoms with Gasteiger partial charge in [0, 0.05) is 37.9 Å². The Morgan fingerprint density at radius 3 is 2.33 bits per heavy atom. The van der Waals surface area contributed by atoms with Gasteiger partial charge in [0.15, 0.2) is 0 Å². The molecule has 3 rings (SSSR count). The van der Waals surface area contributed by atoms with Crippen LogP contribution in [0.25, 0.3) is 0 Å². The molecule has 1 saturated heterocycles. The molecule has 1 saturated carbocycles. The molecule has 3 amide bonds. The number of hydrogen-bond donors (Lipinski definition) is 2. The molecule has 1 aliphatic heterocycles. The largest absolute Gasteiger partial charge is 0.368 e. The smallest absolute Gasteiger partial charge is 0.317 e. The van der Waals surface area contributed by atoms with Gasteiger partial charge in [0.05, 0.1) is 6.54 Å². The average molecular weight is 330 g/mol. The molecule has 0 spiro atoms. The van der Waals surface area contributed by atoms with Crippen molar-refractivity contribution in [2.45, 2.75) is 31.7 Å². The van der Waals surface area contributed by atoms with Gasteiger partial charge in [-0.15, -0.1) is 0 Å². The Morgan fingerprint density at radius 2 is 1.67 bits per heavy atom. The lowest BCUT2D eigenvalue weighted by Crippen LogP contribution is -2.53. The van der Waals surface area contributed by atoms with Crippen LogP contribution in [-0.4, -0.2) is 55.6 Å². The van der Waals surface area contributed by atoms with Gasteiger partial charge in [-0.3, -0.25) is 4.79 Å². The van der Waals surface area contributed by atoms with Crippen LogP contribution >= 0.6 is 0 Å². The van der Waals surface area contributed by atoms with E-state index in [9.17, 15) is 9.59 Å². The number of para-hydroxylation sites is 1. The number of amides is 3. The minimum atomic E-state index is -0.149. The fraction of sp³-hybridized carbons (Fsp3) is 0.556. The first-order valence-corrected chi connectivity index (χ1v) is 8.84. The van der Waals surface area contributed by atoms with Crippen LogP contribution in [0.5, 0.6) is 0 Å². The molecule has 0 radical (unpaired) electrons. The van der Waals surface area contributed by atoms with E-state index in [0.717, 1.165) is 25.9 Å². The average Bonchev–Trinajstić information content (AvgIpc) is 3.13. The first-order valence-electron chi connectivity index (χ1n) is 8.84. The molecular weight excluding hydrogens is 304 g/mol. The van der Waals surface area contributed by atoms with Crippen molar-refractivity contribution in [2.75, 3.05) is 37.6 Å². The molecule has 1 aromatic carbocycles. The zero-order valence-corrected chi connectivity index (χ0v) is 14.0. The molecule has 2 fully saturated rings. The number of carbonyl (C=O) groups excluding carboxylic acids is 2. The van der Waals surface area contributed by atoms with E-state index < -0.39 is 0 Å². The van der Waals surface area contributed by atoms with Crippen molar-refractivity contribution in [1.29, 1.82) is 0 Å². The zero-order chi connectivity index (χ0) is 16.8. The van der Waals surface area contributed by atoms with Gasteiger partial charge in [-0.1, -0.05) is 31.0 Å². The van der Waals surface area contributed by atoms with Gasteiger partial charge >= 0.3 is 6.03 Å². The number of anilines is 1. The quantitative estimate of drug-likeness (QED) is 0.881. The maximum atomic E-state index is 12.2. The molecule has 2 N–H and O–H groups in total. The Morgan fingerprint density at radius 1 is 1.00 bits per heavy atom. The summed E-state index contributed by atoms with van der Waals surface area (Å²) in [6, 6.07) is 10.4. The molecule has 6 heteroatoms. The van der Waals surface area contributed by atoms with Crippen molar-refractivity contribution < 1.29 is 9.59 Å². The van der Waals surface area contributed by atoms with E-state index in [-0.39, 0.29) is 18.5 Å². The first kappa shape index (κ1) is 16.6. The fourth-order valence-electron chi connectivity index (χ4n) is 3.42. The summed E-state index contributed by atoms with van der Waals surface area (Å²) in [6.07, 6.45) is 4.48. The van der Waals surface area contributed by atoms with E-state index in [4.69, 9.17) is 0 Å². The maximum absolute atomic E-state index is 12.2. The standard InChI is InChI=1S/C18H26N4O2/c23-17(20-15-6-4-5-7-15)14-19-18(24)22-12-10-21(11-13-22)16-8-2-1-3-9-16/h1-3,8-9,15H,4-7,10-14H2,(H,19,24)(H,20,23). The number of rotatable bonds is 4. The van der Waals surface area contributed by atoms with E-state index in [2.05, 4.69) is 27.7 Å². The lowest BCUT2D eigenvalue weighted by Gasteiger charge is -2.36. The highest BCUT2D eigenvalue weighted by molar-refractivity contribution is 5.84. The highest BCUT2D eigenvalue weighted by Gasteiger charge is 2.22. The van der Waals surface area contributed by atoms with Crippen LogP contribution in [0.1, 0.15) is 25.7 Å². The summed E-state index contributed by atoms with van der Waals surface area (Å²) in [7, 11) is 0. The summed E-state index contributed by atoms with van der Waals surface area (Å²) in [5, 5.41) is 5.72. The molecule has 2 aliphatic rings. The van der Waals surface area contributed by atoms with Crippen LogP contribution in [0.2, 0.25) is 0 Å². The van der Waals surface area contributed by atoms with Gasteiger partial charge in [-0.25, -0.2) is 4.79 Å². The van der Waals surface area contributed by atoms with E-state index in [1.165, 1.54) is 18.5 Å². The summed E-state index contributed by atoms with van der Waals surface area (Å²) >= 11 is 0. The summed E-state index contributed by atoms with van der Waals surface area (Å²) in [4.78, 5) is 28.1. The normalized spacial score (nSPS) is 18.5. The summed E-state index contributed by atoms with van der Waals surface area (Å²) in [5.74, 6) is -0.0850. The van der Waals surface area contributed by atoms with Crippen molar-refractivity contribution in [3.8, 4) is 0 Å². The Bertz CT molecular complexity index is 549. The molecule has 130 valence electrons. The number of hydrogen-bond acceptors (Lipinski definition) is 3. The molecule has 24 heavy (non-hydrogen) atoms. The van der Waals surface area contributed by atoms with Crippen LogP contribution in [0.4, 0.5) is 10.5 Å². The molecular formula is C18H26N4O2. The van der Waals surface area contributed by atoms with E-state index >= 15 is 0 Å². The topological polar surface area (TPSA) is 64.7 Å². The Labute approximate surface area is 143 Å². The molecule has 0 aromatic heterocycles. The van der Waals surface area contributed by atoms with Crippen molar-refractivity contribution in [3.05, 3.63) is 30.3 Å². The summed E-state index contributed by atoms with van der Waals surface area (Å²) in [6.45, 7) is 3.03. The highest BCUT2D eigenvalue weighted by Crippen LogP contribution is 2.17. The van der Waals surface area contributed by atoms with Gasteiger partial charge < -0.3 is 20.4 Å². The van der Waals surface area contributed by atoms with Crippen LogP contribution in [0.3, 0.4) is 0 Å². The van der Waals surface area contributed by atoms with Crippen LogP contribution < -0.4 is 15.5 Å². The highest BCUT2D eigenvalue weighted by atomic mass is 16.2. The second kappa shape index (κ2) is 8.04. The minimum absolute atomic E-state index is 0.0637. The zero-order valence-electron chi connectivity index (χ0n) is 14.0. The van der Waals surface area contributed by atoms with Crippen LogP contribution in [-0.2, 0) is 4.79 Å². The predicted octanol–water partition coefficient (Wildman–Crippen LogP) is 1.58. The van der Waals surface area contributed by atoms with Gasteiger partial charge in [0.2, 0.25) is 5.91 Å². The van der Waals surface area contributed by atoms with Gasteiger partial charge in [0.1, 0.15) is 0 Å². The number of carbonyl (C=O) groups is 2. The van der Waals surface area contributed by atoms with Crippen molar-refractivity contribution in [3.63, 3.8) is 0 Å². The third-order valence-electron chi connectivity index (χ3n) is 4.81. The van der Waals surface area contributed by atoms with Crippen molar-refractivity contribution in [2.24, 2.45) is 0 Å². The minimum Gasteiger partial charge on any atom is -0.368 e. The Balaban J connectivity index is 1.38. The molecule has 1 aliphatic carbocycles. The fourth-order valence-corrected chi connectivity index (χ4v) is 3.42. The molecule has 1 aromatic rings. The third kappa shape index (κ3) is 4.40. The van der Waals surface area contributed by atoms with E-state index in [1.807, 2.05) is 18.2 Å². The third-order valence-corrected chi connectivity index (χ3v) is 4.81. The molecule has 0 bridgehead atoms. The van der Waals surface area contributed by atoms with Crippen molar-refractivity contribution in [1.82, 2.24) is 15.5 Å². The predicted molar refractivity (Wildman–Crippen MR) is 94.0 cm³/mol. The number of piperazine rings is 1. The summed E-state index contributed by atoms with van der Waals surface area (Å²) < 4.78 is 0.